The summed E-state index contributed by atoms with van der Waals surface area (Å²) in [5.74, 6) is -0.388. The van der Waals surface area contributed by atoms with Gasteiger partial charge in [-0.1, -0.05) is 42.5 Å². The number of amides is 2. The average Bonchev–Trinajstić information content (AvgIpc) is 2.90. The van der Waals surface area contributed by atoms with E-state index in [1.165, 1.54) is 38.2 Å². The standard InChI is InChI=1S/C28H21F3N4O3S/c1-18-24(16-33)26(34(2)27(36)35(18)22-10-6-9-21(14-22)28(29,30)31)23-12-11-20(15-32)13-25(23)39(37,38)17-19-7-4-3-5-8-19/h3-14,26H,17H2,1-2H3/t26-/m1/s1. The lowest BCUT2D eigenvalue weighted by molar-refractivity contribution is -0.137. The van der Waals surface area contributed by atoms with Crippen LogP contribution in [0.25, 0.3) is 0 Å². The molecule has 0 spiro atoms. The number of carbonyl (C=O) groups excluding carboxylic acids is 1. The van der Waals surface area contributed by atoms with E-state index in [1.807, 2.05) is 12.1 Å². The molecule has 0 saturated carbocycles. The van der Waals surface area contributed by atoms with Crippen LogP contribution in [-0.2, 0) is 21.8 Å². The van der Waals surface area contributed by atoms with E-state index in [1.54, 1.807) is 30.3 Å². The fraction of sp³-hybridized carbons (Fsp3) is 0.179. The van der Waals surface area contributed by atoms with Crippen molar-refractivity contribution >= 4 is 21.6 Å². The number of nitriles is 2. The summed E-state index contributed by atoms with van der Waals surface area (Å²) in [5.41, 5.74) is -0.370. The third-order valence-corrected chi connectivity index (χ3v) is 8.14. The van der Waals surface area contributed by atoms with Crippen molar-refractivity contribution in [2.45, 2.75) is 29.8 Å². The summed E-state index contributed by atoms with van der Waals surface area (Å²) < 4.78 is 67.2. The van der Waals surface area contributed by atoms with E-state index >= 15 is 0 Å². The smallest absolute Gasteiger partial charge is 0.315 e. The number of benzene rings is 3. The van der Waals surface area contributed by atoms with Crippen molar-refractivity contribution in [3.63, 3.8) is 0 Å². The lowest BCUT2D eigenvalue weighted by Crippen LogP contribution is -2.47. The van der Waals surface area contributed by atoms with Crippen LogP contribution < -0.4 is 4.90 Å². The van der Waals surface area contributed by atoms with Crippen LogP contribution in [0.3, 0.4) is 0 Å². The lowest BCUT2D eigenvalue weighted by Gasteiger charge is -2.40. The summed E-state index contributed by atoms with van der Waals surface area (Å²) in [6, 6.07) is 18.5. The Morgan fingerprint density at radius 2 is 1.64 bits per heavy atom. The largest absolute Gasteiger partial charge is 0.416 e. The lowest BCUT2D eigenvalue weighted by atomic mass is 9.93. The zero-order valence-electron chi connectivity index (χ0n) is 20.8. The van der Waals surface area contributed by atoms with Crippen LogP contribution in [0.1, 0.15) is 35.2 Å². The molecule has 0 fully saturated rings. The molecule has 1 atom stereocenters. The molecule has 11 heteroatoms. The van der Waals surface area contributed by atoms with Crippen molar-refractivity contribution in [2.24, 2.45) is 0 Å². The normalized spacial score (nSPS) is 16.2. The Morgan fingerprint density at radius 3 is 2.26 bits per heavy atom. The molecule has 1 aliphatic rings. The number of anilines is 1. The van der Waals surface area contributed by atoms with Crippen LogP contribution in [0.4, 0.5) is 23.7 Å². The van der Waals surface area contributed by atoms with Gasteiger partial charge in [-0.15, -0.1) is 0 Å². The summed E-state index contributed by atoms with van der Waals surface area (Å²) in [6.45, 7) is 1.42. The number of sulfone groups is 1. The fourth-order valence-corrected chi connectivity index (χ4v) is 6.16. The Kier molecular flexibility index (Phi) is 7.23. The zero-order chi connectivity index (χ0) is 28.5. The van der Waals surface area contributed by atoms with Crippen molar-refractivity contribution in [3.8, 4) is 12.1 Å². The number of hydrogen-bond donors (Lipinski definition) is 0. The monoisotopic (exact) mass is 550 g/mol. The molecular weight excluding hydrogens is 529 g/mol. The van der Waals surface area contributed by atoms with Gasteiger partial charge in [0.25, 0.3) is 0 Å². The highest BCUT2D eigenvalue weighted by Gasteiger charge is 2.41. The van der Waals surface area contributed by atoms with Gasteiger partial charge in [0.1, 0.15) is 0 Å². The Morgan fingerprint density at radius 1 is 0.949 bits per heavy atom. The van der Waals surface area contributed by atoms with Crippen LogP contribution in [0, 0.1) is 22.7 Å². The minimum atomic E-state index is -4.65. The highest BCUT2D eigenvalue weighted by Crippen LogP contribution is 2.42. The van der Waals surface area contributed by atoms with Gasteiger partial charge in [-0.2, -0.15) is 23.7 Å². The number of alkyl halides is 3. The second-order valence-electron chi connectivity index (χ2n) is 8.90. The highest BCUT2D eigenvalue weighted by atomic mass is 32.2. The first-order valence-electron chi connectivity index (χ1n) is 11.5. The van der Waals surface area contributed by atoms with E-state index in [-0.39, 0.29) is 38.7 Å². The molecule has 3 aromatic carbocycles. The maximum Gasteiger partial charge on any atom is 0.416 e. The molecule has 0 N–H and O–H groups in total. The van der Waals surface area contributed by atoms with Gasteiger partial charge in [0.2, 0.25) is 0 Å². The number of rotatable bonds is 5. The zero-order valence-corrected chi connectivity index (χ0v) is 21.6. The SMILES string of the molecule is CC1=C(C#N)[C@@H](c2ccc(C#N)cc2S(=O)(=O)Cc2ccccc2)N(C)C(=O)N1c1cccc(C(F)(F)F)c1. The van der Waals surface area contributed by atoms with Crippen LogP contribution in [0.5, 0.6) is 0 Å². The second kappa shape index (κ2) is 10.3. The molecule has 198 valence electrons. The number of hydrogen-bond acceptors (Lipinski definition) is 5. The van der Waals surface area contributed by atoms with Gasteiger partial charge >= 0.3 is 12.2 Å². The third kappa shape index (κ3) is 5.22. The molecule has 0 bridgehead atoms. The molecule has 1 aliphatic heterocycles. The van der Waals surface area contributed by atoms with Gasteiger partial charge in [0, 0.05) is 12.7 Å². The summed E-state index contributed by atoms with van der Waals surface area (Å²) in [4.78, 5) is 15.4. The molecule has 0 radical (unpaired) electrons. The first kappa shape index (κ1) is 27.4. The van der Waals surface area contributed by atoms with Crippen LogP contribution in [0.15, 0.2) is 89.0 Å². The number of allylic oxidation sites excluding steroid dienone is 1. The summed E-state index contributed by atoms with van der Waals surface area (Å²) in [6.07, 6.45) is -4.65. The molecule has 2 amide bonds. The topological polar surface area (TPSA) is 105 Å². The maximum absolute atomic E-state index is 13.6. The second-order valence-corrected chi connectivity index (χ2v) is 10.9. The summed E-state index contributed by atoms with van der Waals surface area (Å²) >= 11 is 0. The quantitative estimate of drug-likeness (QED) is 0.390. The minimum Gasteiger partial charge on any atom is -0.315 e. The molecule has 0 aromatic heterocycles. The number of urea groups is 1. The van der Waals surface area contributed by atoms with Crippen molar-refractivity contribution < 1.29 is 26.4 Å². The maximum atomic E-state index is 13.6. The highest BCUT2D eigenvalue weighted by molar-refractivity contribution is 7.90. The molecule has 7 nitrogen and oxygen atoms in total. The van der Waals surface area contributed by atoms with E-state index in [2.05, 4.69) is 0 Å². The van der Waals surface area contributed by atoms with Crippen molar-refractivity contribution in [3.05, 3.63) is 106 Å². The van der Waals surface area contributed by atoms with Crippen LogP contribution >= 0.6 is 0 Å². The molecule has 4 rings (SSSR count). The first-order valence-corrected chi connectivity index (χ1v) is 13.2. The van der Waals surface area contributed by atoms with Crippen molar-refractivity contribution in [1.82, 2.24) is 4.90 Å². The van der Waals surface area contributed by atoms with E-state index in [4.69, 9.17) is 0 Å². The Bertz CT molecular complexity index is 1670. The van der Waals surface area contributed by atoms with Crippen molar-refractivity contribution in [2.75, 3.05) is 11.9 Å². The van der Waals surface area contributed by atoms with Crippen LogP contribution in [-0.4, -0.2) is 26.4 Å². The van der Waals surface area contributed by atoms with E-state index in [0.717, 1.165) is 28.0 Å². The summed E-state index contributed by atoms with van der Waals surface area (Å²) in [7, 11) is -2.73. The number of halogens is 3. The predicted octanol–water partition coefficient (Wildman–Crippen LogP) is 5.96. The van der Waals surface area contributed by atoms with E-state index < -0.39 is 33.6 Å². The number of likely N-dealkylation sites (N-methyl/N-ethyl adjacent to an activating group) is 1. The molecule has 0 saturated heterocycles. The number of carbonyl (C=O) groups is 1. The predicted molar refractivity (Wildman–Crippen MR) is 137 cm³/mol. The van der Waals surface area contributed by atoms with Gasteiger partial charge in [-0.3, -0.25) is 4.90 Å². The fourth-order valence-electron chi connectivity index (χ4n) is 4.53. The Labute approximate surface area is 223 Å². The molecule has 39 heavy (non-hydrogen) atoms. The van der Waals surface area contributed by atoms with Crippen LogP contribution in [0.2, 0.25) is 0 Å². The average molecular weight is 551 g/mol. The molecule has 0 aliphatic carbocycles. The first-order chi connectivity index (χ1) is 18.4. The molecule has 3 aromatic rings. The summed E-state index contributed by atoms with van der Waals surface area (Å²) in [5, 5.41) is 19.6. The van der Waals surface area contributed by atoms with Gasteiger partial charge in [-0.25, -0.2) is 13.2 Å². The van der Waals surface area contributed by atoms with Crippen molar-refractivity contribution in [1.29, 1.82) is 10.5 Å². The van der Waals surface area contributed by atoms with Gasteiger partial charge in [0.15, 0.2) is 9.84 Å². The van der Waals surface area contributed by atoms with E-state index in [9.17, 15) is 36.9 Å². The third-order valence-electron chi connectivity index (χ3n) is 6.40. The van der Waals surface area contributed by atoms with Gasteiger partial charge in [-0.05, 0) is 48.4 Å². The minimum absolute atomic E-state index is 0.0321. The molecule has 0 unspecified atom stereocenters. The molecular formula is C28H21F3N4O3S. The van der Waals surface area contributed by atoms with E-state index in [0.29, 0.717) is 5.56 Å². The Hall–Kier alpha value is -4.61. The molecule has 1 heterocycles. The van der Waals surface area contributed by atoms with Gasteiger partial charge in [0.05, 0.1) is 51.2 Å². The number of nitrogens with zero attached hydrogens (tertiary/aromatic N) is 4. The Balaban J connectivity index is 1.89. The van der Waals surface area contributed by atoms with Gasteiger partial charge < -0.3 is 4.90 Å².